The normalized spacial score (nSPS) is 12.2. The van der Waals surface area contributed by atoms with Gasteiger partial charge in [-0.25, -0.2) is 4.39 Å². The molecule has 0 saturated heterocycles. The highest BCUT2D eigenvalue weighted by molar-refractivity contribution is 7.80. The molecule has 0 heterocycles. The molecule has 0 aliphatic rings. The van der Waals surface area contributed by atoms with Crippen molar-refractivity contribution in [3.8, 4) is 5.75 Å². The van der Waals surface area contributed by atoms with Crippen LogP contribution in [-0.4, -0.2) is 11.1 Å². The summed E-state index contributed by atoms with van der Waals surface area (Å²) in [7, 11) is 0. The fraction of sp³-hybridized carbons (Fsp3) is 0.222. The molecule has 1 aromatic carbocycles. The van der Waals surface area contributed by atoms with Crippen LogP contribution in [0.2, 0.25) is 5.02 Å². The molecule has 0 fully saturated rings. The topological polar surface area (TPSA) is 35.2 Å². The molecule has 0 saturated carbocycles. The Labute approximate surface area is 91.8 Å². The second-order valence-corrected chi connectivity index (χ2v) is 3.62. The first-order valence-corrected chi connectivity index (χ1v) is 4.70. The number of halogens is 2. The quantitative estimate of drug-likeness (QED) is 0.815. The first kappa shape index (κ1) is 11.2. The summed E-state index contributed by atoms with van der Waals surface area (Å²) >= 11 is 10.5. The molecule has 1 aromatic rings. The van der Waals surface area contributed by atoms with Gasteiger partial charge in [0.25, 0.3) is 0 Å². The highest BCUT2D eigenvalue weighted by Gasteiger charge is 2.09. The lowest BCUT2D eigenvalue weighted by Crippen LogP contribution is -2.28. The maximum atomic E-state index is 12.7. The molecule has 0 radical (unpaired) electrons. The maximum absolute atomic E-state index is 12.7. The lowest BCUT2D eigenvalue weighted by atomic mass is 10.3. The van der Waals surface area contributed by atoms with Crippen LogP contribution in [0.5, 0.6) is 5.75 Å². The van der Waals surface area contributed by atoms with E-state index in [2.05, 4.69) is 0 Å². The van der Waals surface area contributed by atoms with Crippen molar-refractivity contribution in [1.82, 2.24) is 0 Å². The van der Waals surface area contributed by atoms with Crippen LogP contribution in [0.25, 0.3) is 0 Å². The van der Waals surface area contributed by atoms with E-state index in [9.17, 15) is 4.39 Å². The maximum Gasteiger partial charge on any atom is 0.145 e. The van der Waals surface area contributed by atoms with E-state index in [1.807, 2.05) is 0 Å². The zero-order chi connectivity index (χ0) is 10.7. The molecule has 1 atom stereocenters. The third kappa shape index (κ3) is 2.82. The highest BCUT2D eigenvalue weighted by atomic mass is 35.5. The first-order chi connectivity index (χ1) is 6.50. The molecule has 2 N–H and O–H groups in total. The van der Waals surface area contributed by atoms with Crippen molar-refractivity contribution in [3.05, 3.63) is 29.0 Å². The molecule has 0 aliphatic heterocycles. The van der Waals surface area contributed by atoms with Gasteiger partial charge in [0.2, 0.25) is 0 Å². The number of thiocarbonyl (C=S) groups is 1. The van der Waals surface area contributed by atoms with Crippen LogP contribution in [-0.2, 0) is 0 Å². The number of hydrogen-bond donors (Lipinski definition) is 1. The molecule has 0 spiro atoms. The van der Waals surface area contributed by atoms with Gasteiger partial charge in [0.05, 0.1) is 5.02 Å². The molecule has 14 heavy (non-hydrogen) atoms. The second kappa shape index (κ2) is 4.57. The van der Waals surface area contributed by atoms with E-state index < -0.39 is 11.9 Å². The monoisotopic (exact) mass is 233 g/mol. The Kier molecular flexibility index (Phi) is 3.66. The van der Waals surface area contributed by atoms with Crippen LogP contribution in [0, 0.1) is 5.82 Å². The van der Waals surface area contributed by atoms with Gasteiger partial charge >= 0.3 is 0 Å². The fourth-order valence-corrected chi connectivity index (χ4v) is 1.08. The Morgan fingerprint density at radius 3 is 2.79 bits per heavy atom. The molecule has 76 valence electrons. The largest absolute Gasteiger partial charge is 0.482 e. The second-order valence-electron chi connectivity index (χ2n) is 2.74. The molecule has 1 rings (SSSR count). The van der Waals surface area contributed by atoms with E-state index in [-0.39, 0.29) is 10.0 Å². The van der Waals surface area contributed by atoms with Crippen LogP contribution in [0.4, 0.5) is 4.39 Å². The Morgan fingerprint density at radius 1 is 1.64 bits per heavy atom. The van der Waals surface area contributed by atoms with Gasteiger partial charge in [-0.3, -0.25) is 0 Å². The van der Waals surface area contributed by atoms with Crippen molar-refractivity contribution in [3.63, 3.8) is 0 Å². The molecule has 0 amide bonds. The summed E-state index contributed by atoms with van der Waals surface area (Å²) in [6.45, 7) is 1.70. The standard InChI is InChI=1S/C9H9ClFNOS/c1-5(9(12)14)13-8-3-2-6(11)4-7(8)10/h2-5H,1H3,(H2,12,14). The predicted molar refractivity (Wildman–Crippen MR) is 58.3 cm³/mol. The zero-order valence-electron chi connectivity index (χ0n) is 7.46. The van der Waals surface area contributed by atoms with Gasteiger partial charge < -0.3 is 10.5 Å². The van der Waals surface area contributed by atoms with E-state index in [1.54, 1.807) is 6.92 Å². The summed E-state index contributed by atoms with van der Waals surface area (Å²) < 4.78 is 17.9. The van der Waals surface area contributed by atoms with Crippen molar-refractivity contribution in [2.24, 2.45) is 5.73 Å². The van der Waals surface area contributed by atoms with Gasteiger partial charge in [-0.2, -0.15) is 0 Å². The van der Waals surface area contributed by atoms with Crippen LogP contribution in [0.3, 0.4) is 0 Å². The van der Waals surface area contributed by atoms with Crippen LogP contribution < -0.4 is 10.5 Å². The summed E-state index contributed by atoms with van der Waals surface area (Å²) in [5.74, 6) is -0.0429. The summed E-state index contributed by atoms with van der Waals surface area (Å²) in [5, 5.41) is 0.202. The van der Waals surface area contributed by atoms with Gasteiger partial charge in [0, 0.05) is 0 Å². The Morgan fingerprint density at radius 2 is 2.29 bits per heavy atom. The Hall–Kier alpha value is -0.870. The first-order valence-electron chi connectivity index (χ1n) is 3.91. The molecule has 0 aliphatic carbocycles. The van der Waals surface area contributed by atoms with E-state index in [0.717, 1.165) is 0 Å². The number of ether oxygens (including phenoxy) is 1. The summed E-state index contributed by atoms with van der Waals surface area (Å²) in [4.78, 5) is 0.227. The number of rotatable bonds is 3. The van der Waals surface area contributed by atoms with Crippen molar-refractivity contribution in [2.75, 3.05) is 0 Å². The molecule has 2 nitrogen and oxygen atoms in total. The van der Waals surface area contributed by atoms with Crippen molar-refractivity contribution >= 4 is 28.8 Å². The van der Waals surface area contributed by atoms with Gasteiger partial charge in [0.15, 0.2) is 0 Å². The van der Waals surface area contributed by atoms with E-state index >= 15 is 0 Å². The van der Waals surface area contributed by atoms with Crippen molar-refractivity contribution < 1.29 is 9.13 Å². The Bertz CT molecular complexity index is 359. The minimum atomic E-state index is -0.423. The molecule has 0 bridgehead atoms. The summed E-state index contributed by atoms with van der Waals surface area (Å²) in [5.41, 5.74) is 5.35. The minimum Gasteiger partial charge on any atom is -0.482 e. The number of benzene rings is 1. The summed E-state index contributed by atoms with van der Waals surface area (Å²) in [6, 6.07) is 3.86. The van der Waals surface area contributed by atoms with Gasteiger partial charge in [-0.15, -0.1) is 0 Å². The lowest BCUT2D eigenvalue weighted by molar-refractivity contribution is 0.288. The predicted octanol–water partition coefficient (Wildman–Crippen LogP) is 2.53. The minimum absolute atomic E-state index is 0.202. The molecule has 0 aromatic heterocycles. The van der Waals surface area contributed by atoms with Gasteiger partial charge in [-0.05, 0) is 25.1 Å². The average Bonchev–Trinajstić information content (AvgIpc) is 2.09. The van der Waals surface area contributed by atoms with Crippen LogP contribution >= 0.6 is 23.8 Å². The zero-order valence-corrected chi connectivity index (χ0v) is 9.03. The van der Waals surface area contributed by atoms with E-state index in [0.29, 0.717) is 5.75 Å². The molecular formula is C9H9ClFNOS. The number of hydrogen-bond acceptors (Lipinski definition) is 2. The van der Waals surface area contributed by atoms with Gasteiger partial charge in [-0.1, -0.05) is 23.8 Å². The fourth-order valence-electron chi connectivity index (χ4n) is 0.819. The number of nitrogens with two attached hydrogens (primary N) is 1. The smallest absolute Gasteiger partial charge is 0.145 e. The molecule has 5 heteroatoms. The van der Waals surface area contributed by atoms with Crippen molar-refractivity contribution in [1.29, 1.82) is 0 Å². The molecule has 1 unspecified atom stereocenters. The average molecular weight is 234 g/mol. The third-order valence-corrected chi connectivity index (χ3v) is 2.23. The third-order valence-electron chi connectivity index (χ3n) is 1.60. The van der Waals surface area contributed by atoms with E-state index in [4.69, 9.17) is 34.3 Å². The van der Waals surface area contributed by atoms with Crippen LogP contribution in [0.15, 0.2) is 18.2 Å². The lowest BCUT2D eigenvalue weighted by Gasteiger charge is -2.13. The molecular weight excluding hydrogens is 225 g/mol. The highest BCUT2D eigenvalue weighted by Crippen LogP contribution is 2.25. The van der Waals surface area contributed by atoms with Crippen molar-refractivity contribution in [2.45, 2.75) is 13.0 Å². The van der Waals surface area contributed by atoms with Gasteiger partial charge in [0.1, 0.15) is 22.7 Å². The SMILES string of the molecule is CC(Oc1ccc(F)cc1Cl)C(N)=S. The van der Waals surface area contributed by atoms with Crippen LogP contribution in [0.1, 0.15) is 6.92 Å². The Balaban J connectivity index is 2.82. The van der Waals surface area contributed by atoms with E-state index in [1.165, 1.54) is 18.2 Å². The summed E-state index contributed by atoms with van der Waals surface area (Å²) in [6.07, 6.45) is -0.423.